The number of amides is 1. The molecule has 1 aliphatic rings. The summed E-state index contributed by atoms with van der Waals surface area (Å²) < 4.78 is 48.7. The molecule has 0 radical (unpaired) electrons. The van der Waals surface area contributed by atoms with Gasteiger partial charge >= 0.3 is 6.18 Å². The van der Waals surface area contributed by atoms with Gasteiger partial charge in [0.2, 0.25) is 5.88 Å². The highest BCUT2D eigenvalue weighted by Gasteiger charge is 2.31. The topological polar surface area (TPSA) is 63.7 Å². The molecule has 1 aliphatic heterocycles. The van der Waals surface area contributed by atoms with Crippen molar-refractivity contribution in [2.75, 3.05) is 33.3 Å². The average Bonchev–Trinajstić information content (AvgIpc) is 3.40. The third kappa shape index (κ3) is 9.03. The molecule has 1 amide bonds. The number of aromatic nitrogens is 1. The minimum Gasteiger partial charge on any atom is -0.437 e. The summed E-state index contributed by atoms with van der Waals surface area (Å²) in [4.78, 5) is 18.8. The molecule has 10 heteroatoms. The number of ether oxygens (including phenoxy) is 2. The Kier molecular flexibility index (Phi) is 10.7. The van der Waals surface area contributed by atoms with Crippen LogP contribution in [0.1, 0.15) is 34.3 Å². The molecule has 1 saturated heterocycles. The van der Waals surface area contributed by atoms with Crippen LogP contribution in [-0.2, 0) is 17.5 Å². The second-order valence-corrected chi connectivity index (χ2v) is 8.73. The summed E-state index contributed by atoms with van der Waals surface area (Å²) in [6, 6.07) is 16.0. The van der Waals surface area contributed by atoms with Gasteiger partial charge in [-0.25, -0.2) is 4.98 Å². The first-order chi connectivity index (χ1) is 17.8. The van der Waals surface area contributed by atoms with Gasteiger partial charge in [0.05, 0.1) is 17.2 Å². The van der Waals surface area contributed by atoms with Crippen molar-refractivity contribution in [1.82, 2.24) is 15.2 Å². The zero-order valence-electron chi connectivity index (χ0n) is 20.4. The fraction of sp³-hybridized carbons (Fsp3) is 0.333. The number of nitrogens with one attached hydrogen (secondary N) is 1. The molecule has 0 aliphatic carbocycles. The van der Waals surface area contributed by atoms with Gasteiger partial charge in [-0.05, 0) is 61.8 Å². The van der Waals surface area contributed by atoms with Crippen molar-refractivity contribution in [3.8, 4) is 11.6 Å². The predicted molar refractivity (Wildman–Crippen MR) is 136 cm³/mol. The Bertz CT molecular complexity index is 1140. The van der Waals surface area contributed by atoms with Crippen LogP contribution < -0.4 is 10.1 Å². The molecule has 2 aromatic carbocycles. The van der Waals surface area contributed by atoms with Gasteiger partial charge in [-0.2, -0.15) is 13.2 Å². The number of nitrogens with zero attached hydrogens (tertiary/aromatic N) is 2. The molecule has 3 aromatic rings. The first-order valence-electron chi connectivity index (χ1n) is 11.8. The fourth-order valence-corrected chi connectivity index (χ4v) is 3.90. The lowest BCUT2D eigenvalue weighted by Crippen LogP contribution is -2.33. The number of hydrogen-bond donors (Lipinski definition) is 1. The van der Waals surface area contributed by atoms with Gasteiger partial charge in [0.25, 0.3) is 5.91 Å². The molecular formula is C27H29ClF3N3O3. The number of alkyl halides is 3. The number of halogens is 4. The number of carbonyl (C=O) groups excluding carboxylic acids is 1. The molecule has 1 aromatic heterocycles. The van der Waals surface area contributed by atoms with E-state index in [0.29, 0.717) is 13.2 Å². The second kappa shape index (κ2) is 14.0. The van der Waals surface area contributed by atoms with Gasteiger partial charge in [0.15, 0.2) is 0 Å². The molecule has 0 bridgehead atoms. The van der Waals surface area contributed by atoms with E-state index in [4.69, 9.17) is 21.1 Å². The summed E-state index contributed by atoms with van der Waals surface area (Å²) in [5.41, 5.74) is 0.519. The summed E-state index contributed by atoms with van der Waals surface area (Å²) in [5.74, 6) is -0.410. The third-order valence-electron chi connectivity index (χ3n) is 5.55. The van der Waals surface area contributed by atoms with Crippen molar-refractivity contribution < 1.29 is 27.4 Å². The zero-order valence-corrected chi connectivity index (χ0v) is 21.2. The van der Waals surface area contributed by atoms with Gasteiger partial charge in [0.1, 0.15) is 11.3 Å². The Hall–Kier alpha value is -3.14. The lowest BCUT2D eigenvalue weighted by molar-refractivity contribution is -0.137. The van der Waals surface area contributed by atoms with E-state index >= 15 is 0 Å². The molecule has 1 fully saturated rings. The Labute approximate surface area is 219 Å². The van der Waals surface area contributed by atoms with Crippen LogP contribution in [0.3, 0.4) is 0 Å². The summed E-state index contributed by atoms with van der Waals surface area (Å²) in [5, 5.41) is 2.59. The molecule has 0 unspecified atom stereocenters. The first kappa shape index (κ1) is 28.4. The molecular weight excluding hydrogens is 507 g/mol. The van der Waals surface area contributed by atoms with E-state index in [1.165, 1.54) is 30.7 Å². The quantitative estimate of drug-likeness (QED) is 0.372. The number of hydrogen-bond acceptors (Lipinski definition) is 5. The number of pyridine rings is 1. The number of rotatable bonds is 8. The van der Waals surface area contributed by atoms with Crippen LogP contribution in [0.25, 0.3) is 0 Å². The number of methoxy groups -OCH3 is 1. The summed E-state index contributed by atoms with van der Waals surface area (Å²) in [6.45, 7) is 4.01. The lowest BCUT2D eigenvalue weighted by atomic mass is 10.2. The standard InChI is InChI=1S/C19H19ClF3N3O2.C8H10O/c20-15-12-13(19(21,22)23)5-6-16(15)28-18-14(4-3-7-25-18)17(27)24-8-11-26-9-1-2-10-26;1-9-7-8-5-3-2-4-6-8/h3-7,12H,1-2,8-11H2,(H,24,27);2-6H,7H2,1H3. The van der Waals surface area contributed by atoms with Crippen molar-refractivity contribution in [2.45, 2.75) is 25.6 Å². The average molecular weight is 536 g/mol. The van der Waals surface area contributed by atoms with E-state index in [0.717, 1.165) is 37.8 Å². The van der Waals surface area contributed by atoms with Gasteiger partial charge in [0, 0.05) is 26.4 Å². The molecule has 4 rings (SSSR count). The summed E-state index contributed by atoms with van der Waals surface area (Å²) in [7, 11) is 1.70. The van der Waals surface area contributed by atoms with Crippen molar-refractivity contribution in [1.29, 1.82) is 0 Å². The van der Waals surface area contributed by atoms with Crippen molar-refractivity contribution in [2.24, 2.45) is 0 Å². The van der Waals surface area contributed by atoms with E-state index in [-0.39, 0.29) is 28.1 Å². The highest BCUT2D eigenvalue weighted by Crippen LogP contribution is 2.36. The van der Waals surface area contributed by atoms with Crippen LogP contribution in [0.15, 0.2) is 66.9 Å². The number of benzene rings is 2. The van der Waals surface area contributed by atoms with Crippen molar-refractivity contribution >= 4 is 17.5 Å². The summed E-state index contributed by atoms with van der Waals surface area (Å²) >= 11 is 5.91. The number of carbonyl (C=O) groups is 1. The van der Waals surface area contributed by atoms with Crippen molar-refractivity contribution in [3.63, 3.8) is 0 Å². The number of likely N-dealkylation sites (tertiary alicyclic amines) is 1. The van der Waals surface area contributed by atoms with E-state index in [1.54, 1.807) is 13.2 Å². The first-order valence-corrected chi connectivity index (χ1v) is 12.2. The van der Waals surface area contributed by atoms with E-state index in [1.807, 2.05) is 30.3 Å². The molecule has 37 heavy (non-hydrogen) atoms. The Balaban J connectivity index is 0.000000356. The summed E-state index contributed by atoms with van der Waals surface area (Å²) in [6.07, 6.45) is -0.743. The normalized spacial score (nSPS) is 13.5. The maximum absolute atomic E-state index is 12.8. The van der Waals surface area contributed by atoms with Crippen molar-refractivity contribution in [3.05, 3.63) is 88.6 Å². The minimum absolute atomic E-state index is 0.0144. The third-order valence-corrected chi connectivity index (χ3v) is 5.84. The SMILES string of the molecule is COCc1ccccc1.O=C(NCCN1CCCC1)c1cccnc1Oc1ccc(C(F)(F)F)cc1Cl. The maximum Gasteiger partial charge on any atom is 0.416 e. The second-order valence-electron chi connectivity index (χ2n) is 8.32. The maximum atomic E-state index is 12.8. The lowest BCUT2D eigenvalue weighted by Gasteiger charge is -2.15. The fourth-order valence-electron chi connectivity index (χ4n) is 3.68. The Morgan fingerprint density at radius 2 is 1.81 bits per heavy atom. The van der Waals surface area contributed by atoms with E-state index < -0.39 is 11.7 Å². The monoisotopic (exact) mass is 535 g/mol. The molecule has 2 heterocycles. The smallest absolute Gasteiger partial charge is 0.416 e. The van der Waals surface area contributed by atoms with E-state index in [2.05, 4.69) is 15.2 Å². The zero-order chi connectivity index (χ0) is 26.7. The van der Waals surface area contributed by atoms with Crippen LogP contribution >= 0.6 is 11.6 Å². The highest BCUT2D eigenvalue weighted by atomic mass is 35.5. The molecule has 0 atom stereocenters. The predicted octanol–water partition coefficient (Wildman–Crippen LogP) is 6.20. The minimum atomic E-state index is -4.51. The van der Waals surface area contributed by atoms with E-state index in [9.17, 15) is 18.0 Å². The van der Waals surface area contributed by atoms with Crippen LogP contribution in [0.5, 0.6) is 11.6 Å². The van der Waals surface area contributed by atoms with Crippen LogP contribution in [0, 0.1) is 0 Å². The van der Waals surface area contributed by atoms with Gasteiger partial charge in [-0.3, -0.25) is 4.79 Å². The molecule has 0 spiro atoms. The largest absolute Gasteiger partial charge is 0.437 e. The van der Waals surface area contributed by atoms with Crippen LogP contribution in [-0.4, -0.2) is 49.1 Å². The molecule has 6 nitrogen and oxygen atoms in total. The highest BCUT2D eigenvalue weighted by molar-refractivity contribution is 6.32. The molecule has 198 valence electrons. The van der Waals surface area contributed by atoms with Crippen LogP contribution in [0.4, 0.5) is 13.2 Å². The Morgan fingerprint density at radius 1 is 1.08 bits per heavy atom. The molecule has 0 saturated carbocycles. The molecule has 1 N–H and O–H groups in total. The van der Waals surface area contributed by atoms with Gasteiger partial charge in [-0.1, -0.05) is 41.9 Å². The van der Waals surface area contributed by atoms with Gasteiger partial charge in [-0.15, -0.1) is 0 Å². The Morgan fingerprint density at radius 3 is 2.46 bits per heavy atom. The van der Waals surface area contributed by atoms with Gasteiger partial charge < -0.3 is 19.7 Å². The van der Waals surface area contributed by atoms with Crippen LogP contribution in [0.2, 0.25) is 5.02 Å².